The average molecular weight is 1090 g/mol. The number of aliphatic hydroxyl groups excluding tert-OH is 8. The third kappa shape index (κ3) is 12.1. The van der Waals surface area contributed by atoms with Crippen LogP contribution in [0.2, 0.25) is 0 Å². The largest absolute Gasteiger partial charge is 0.454 e. The van der Waals surface area contributed by atoms with E-state index < -0.39 is 99.2 Å². The maximum Gasteiger partial charge on any atom is 0.229 e. The normalized spacial score (nSPS) is 31.8. The van der Waals surface area contributed by atoms with Crippen LogP contribution >= 0.6 is 0 Å². The summed E-state index contributed by atoms with van der Waals surface area (Å²) in [5.74, 6) is 2.16. The number of aryl methyl sites for hydroxylation is 2. The molecule has 3 aromatic carbocycles. The molecule has 8 N–H and O–H groups in total. The minimum absolute atomic E-state index is 0. The minimum Gasteiger partial charge on any atom is -0.454 e. The Morgan fingerprint density at radius 1 is 0.554 bits per heavy atom. The Balaban J connectivity index is 0.00000793. The molecule has 0 spiro atoms. The molecule has 3 aliphatic rings. The summed E-state index contributed by atoms with van der Waals surface area (Å²) in [6.45, 7) is 16.6. The summed E-state index contributed by atoms with van der Waals surface area (Å²) >= 11 is 0. The summed E-state index contributed by atoms with van der Waals surface area (Å²) in [6, 6.07) is 15.4. The molecule has 0 aromatic heterocycles. The van der Waals surface area contributed by atoms with Gasteiger partial charge in [0, 0.05) is 26.7 Å². The Bertz CT molecular complexity index is 1910. The van der Waals surface area contributed by atoms with Crippen molar-refractivity contribution in [2.45, 2.75) is 173 Å². The molecule has 363 valence electrons. The third-order valence-corrected chi connectivity index (χ3v) is 12.1. The van der Waals surface area contributed by atoms with E-state index in [-0.39, 0.29) is 55.4 Å². The Morgan fingerprint density at radius 2 is 1.02 bits per heavy atom. The molecule has 0 bridgehead atoms. The molecule has 14 atom stereocenters. The number of rotatable bonds is 16. The van der Waals surface area contributed by atoms with E-state index in [1.165, 1.54) is 6.42 Å². The monoisotopic (exact) mass is 1090 g/mol. The number of ether oxygens (including phenoxy) is 8. The van der Waals surface area contributed by atoms with Crippen molar-refractivity contribution >= 4 is 0 Å². The molecule has 17 heteroatoms. The van der Waals surface area contributed by atoms with Crippen molar-refractivity contribution in [3.05, 3.63) is 82.8 Å². The van der Waals surface area contributed by atoms with Gasteiger partial charge in [-0.3, -0.25) is 0 Å². The van der Waals surface area contributed by atoms with E-state index in [4.69, 9.17) is 37.9 Å². The van der Waals surface area contributed by atoms with E-state index in [1.807, 2.05) is 76.2 Å². The quantitative estimate of drug-likeness (QED) is 0.0932. The summed E-state index contributed by atoms with van der Waals surface area (Å²) in [5, 5.41) is 87.2. The zero-order valence-corrected chi connectivity index (χ0v) is 41.1. The fraction of sp³-hybridized carbons (Fsp3) is 0.604. The van der Waals surface area contributed by atoms with Gasteiger partial charge >= 0.3 is 0 Å². The molecule has 16 nitrogen and oxygen atoms in total. The fourth-order valence-electron chi connectivity index (χ4n) is 8.01. The topological polar surface area (TPSA) is 236 Å². The van der Waals surface area contributed by atoms with Gasteiger partial charge in [0.2, 0.25) is 12.0 Å². The average Bonchev–Trinajstić information content (AvgIpc) is 3.25. The van der Waals surface area contributed by atoms with Gasteiger partial charge in [0.25, 0.3) is 0 Å². The molecule has 1 radical (unpaired) electrons. The van der Waals surface area contributed by atoms with Gasteiger partial charge in [-0.1, -0.05) is 72.7 Å². The van der Waals surface area contributed by atoms with E-state index in [0.717, 1.165) is 27.8 Å². The van der Waals surface area contributed by atoms with Gasteiger partial charge in [0.1, 0.15) is 60.3 Å². The molecule has 14 unspecified atom stereocenters. The van der Waals surface area contributed by atoms with Gasteiger partial charge in [0.15, 0.2) is 17.8 Å². The second-order valence-electron chi connectivity index (χ2n) is 17.9. The van der Waals surface area contributed by atoms with Gasteiger partial charge < -0.3 is 78.7 Å². The van der Waals surface area contributed by atoms with Crippen LogP contribution in [0.15, 0.2) is 48.5 Å². The summed E-state index contributed by atoms with van der Waals surface area (Å²) in [5.41, 5.74) is 4.83. The zero-order chi connectivity index (χ0) is 46.7. The summed E-state index contributed by atoms with van der Waals surface area (Å²) in [7, 11) is 0. The second kappa shape index (κ2) is 23.0. The first-order valence-corrected chi connectivity index (χ1v) is 22.2. The van der Waals surface area contributed by atoms with Crippen molar-refractivity contribution in [3.8, 4) is 28.7 Å². The maximum atomic E-state index is 11.7. The summed E-state index contributed by atoms with van der Waals surface area (Å²) in [4.78, 5) is 0. The number of hydrogen-bond acceptors (Lipinski definition) is 16. The summed E-state index contributed by atoms with van der Waals surface area (Å²) in [6.07, 6.45) is -19.5. The fourth-order valence-corrected chi connectivity index (χ4v) is 8.01. The smallest absolute Gasteiger partial charge is 0.229 e. The molecule has 3 heterocycles. The molecular weight excluding hydrogens is 1020 g/mol. The molecule has 65 heavy (non-hydrogen) atoms. The van der Waals surface area contributed by atoms with E-state index >= 15 is 0 Å². The number of hydrogen-bond donors (Lipinski definition) is 8. The van der Waals surface area contributed by atoms with Gasteiger partial charge in [0.05, 0.1) is 25.4 Å². The molecular formula is C48H67O16Re-. The Kier molecular flexibility index (Phi) is 18.8. The Labute approximate surface area is 395 Å². The molecule has 6 rings (SSSR count). The zero-order valence-electron chi connectivity index (χ0n) is 38.4. The van der Waals surface area contributed by atoms with Crippen molar-refractivity contribution in [1.82, 2.24) is 0 Å². The van der Waals surface area contributed by atoms with E-state index in [1.54, 1.807) is 6.92 Å². The van der Waals surface area contributed by atoms with Crippen molar-refractivity contribution in [3.63, 3.8) is 0 Å². The van der Waals surface area contributed by atoms with Crippen molar-refractivity contribution in [2.75, 3.05) is 13.2 Å². The van der Waals surface area contributed by atoms with Crippen LogP contribution in [-0.4, -0.2) is 140 Å². The minimum atomic E-state index is -1.86. The maximum absolute atomic E-state index is 11.7. The van der Waals surface area contributed by atoms with E-state index in [0.29, 0.717) is 17.9 Å². The summed E-state index contributed by atoms with van der Waals surface area (Å²) < 4.78 is 49.1. The first-order valence-electron chi connectivity index (χ1n) is 22.2. The molecule has 3 aromatic rings. The number of benzene rings is 3. The molecule has 0 saturated carbocycles. The third-order valence-electron chi connectivity index (χ3n) is 12.1. The van der Waals surface area contributed by atoms with Crippen LogP contribution < -0.4 is 14.2 Å². The van der Waals surface area contributed by atoms with Crippen molar-refractivity contribution in [1.29, 1.82) is 0 Å². The standard InChI is InChI=1S/C48H67O16.Re/c1-10-31-39(52)30(51)19-38(59-31)62-45-36(20-49)60-48(42(55)40(45)53)64-46-37(21-50)61-47(43(56)41(46)54)63-44-34(57-32-13-11-27(22(2)3)15-25(32)8)17-29(24(6)7)18-35(44)58-33-14-12-28(23(4)5)16-26(33)9;/h11-19,22-24,30-31,36-43,45-56H,10,20-21H2,1-9H3;/q-1;. The first-order chi connectivity index (χ1) is 30.3. The van der Waals surface area contributed by atoms with Crippen LogP contribution in [0, 0.1) is 20.3 Å². The van der Waals surface area contributed by atoms with Gasteiger partial charge in [-0.25, -0.2) is 6.42 Å². The van der Waals surface area contributed by atoms with Gasteiger partial charge in [-0.05, 0) is 96.2 Å². The van der Waals surface area contributed by atoms with E-state index in [2.05, 4.69) is 27.7 Å². The molecule has 0 aliphatic carbocycles. The van der Waals surface area contributed by atoms with Crippen LogP contribution in [0.3, 0.4) is 0 Å². The SMILES string of the molecule is CCC1OC(OC2C(CO)OC(OC3C(CO)OC(Oc4c(Oc5ccc(C(C)C)cc5C)cc(C(C)C)cc4Oc4ccc(C(C)C)cc4C)C(O)C3O)C(O)C2O)[CH-]C(O)C1O.[Re]. The second-order valence-corrected chi connectivity index (χ2v) is 17.9. The Hall–Kier alpha value is -2.80. The first kappa shape index (κ1) is 53.2. The van der Waals surface area contributed by atoms with Crippen LogP contribution in [0.4, 0.5) is 0 Å². The number of aliphatic hydroxyl groups is 8. The van der Waals surface area contributed by atoms with Gasteiger partial charge in [-0.2, -0.15) is 0 Å². The molecule has 0 amide bonds. The van der Waals surface area contributed by atoms with Crippen LogP contribution in [0.25, 0.3) is 0 Å². The van der Waals surface area contributed by atoms with Gasteiger partial charge in [-0.15, -0.1) is 0 Å². The van der Waals surface area contributed by atoms with Crippen LogP contribution in [0.1, 0.15) is 100 Å². The van der Waals surface area contributed by atoms with E-state index in [9.17, 15) is 40.9 Å². The predicted molar refractivity (Wildman–Crippen MR) is 232 cm³/mol. The van der Waals surface area contributed by atoms with Crippen LogP contribution in [0.5, 0.6) is 28.7 Å². The predicted octanol–water partition coefficient (Wildman–Crippen LogP) is 4.34. The molecule has 3 saturated heterocycles. The molecule has 3 fully saturated rings. The molecule has 3 aliphatic heterocycles. The Morgan fingerprint density at radius 3 is 1.46 bits per heavy atom. The van der Waals surface area contributed by atoms with Crippen LogP contribution in [-0.2, 0) is 44.1 Å². The van der Waals surface area contributed by atoms with Crippen molar-refractivity contribution < 1.29 is 99.2 Å². The van der Waals surface area contributed by atoms with Crippen molar-refractivity contribution in [2.24, 2.45) is 0 Å².